The van der Waals surface area contributed by atoms with Crippen LogP contribution in [0.25, 0.3) is 0 Å². The summed E-state index contributed by atoms with van der Waals surface area (Å²) in [5.41, 5.74) is 0.534. The second-order valence-corrected chi connectivity index (χ2v) is 4.37. The zero-order valence-corrected chi connectivity index (χ0v) is 11.8. The van der Waals surface area contributed by atoms with Gasteiger partial charge in [0.25, 0.3) is 0 Å². The van der Waals surface area contributed by atoms with Crippen LogP contribution in [0.3, 0.4) is 0 Å². The molecule has 0 radical (unpaired) electrons. The molecule has 1 aromatic carbocycles. The smallest absolute Gasteiger partial charge is 0.243 e. The van der Waals surface area contributed by atoms with Crippen LogP contribution in [0.5, 0.6) is 5.75 Å². The molecule has 1 fully saturated rings. The fourth-order valence-electron chi connectivity index (χ4n) is 2.12. The van der Waals surface area contributed by atoms with Crippen molar-refractivity contribution in [2.75, 3.05) is 25.6 Å². The highest BCUT2D eigenvalue weighted by molar-refractivity contribution is 5.96. The number of halogens is 2. The van der Waals surface area contributed by atoms with Crippen LogP contribution in [0.2, 0.25) is 0 Å². The minimum absolute atomic E-state index is 0. The van der Waals surface area contributed by atoms with E-state index in [4.69, 9.17) is 4.74 Å². The van der Waals surface area contributed by atoms with Crippen molar-refractivity contribution >= 4 is 24.0 Å². The number of nitrogens with zero attached hydrogens (tertiary/aromatic N) is 1. The number of nitrogens with one attached hydrogen (secondary N) is 1. The monoisotopic (exact) mass is 288 g/mol. The van der Waals surface area contributed by atoms with E-state index in [1.807, 2.05) is 0 Å². The molecule has 1 aliphatic heterocycles. The van der Waals surface area contributed by atoms with Gasteiger partial charge in [-0.15, -0.1) is 12.4 Å². The summed E-state index contributed by atoms with van der Waals surface area (Å²) in [4.78, 5) is 13.6. The maximum absolute atomic E-state index is 13.6. The Hall–Kier alpha value is -1.33. The number of carbonyl (C=O) groups excluding carboxylic acids is 1. The van der Waals surface area contributed by atoms with Gasteiger partial charge in [0, 0.05) is 18.8 Å². The van der Waals surface area contributed by atoms with Crippen LogP contribution in [0.15, 0.2) is 18.2 Å². The van der Waals surface area contributed by atoms with Gasteiger partial charge in [0.15, 0.2) is 11.6 Å². The summed E-state index contributed by atoms with van der Waals surface area (Å²) >= 11 is 0. The molecule has 106 valence electrons. The molecular formula is C13H18ClFN2O2. The van der Waals surface area contributed by atoms with Gasteiger partial charge in [0.05, 0.1) is 13.2 Å². The number of likely N-dealkylation sites (N-methyl/N-ethyl adjacent to an activating group) is 1. The molecule has 2 rings (SSSR count). The predicted octanol–water partition coefficient (Wildman–Crippen LogP) is 1.97. The first-order chi connectivity index (χ1) is 8.63. The number of carbonyl (C=O) groups is 1. The Balaban J connectivity index is 0.00000180. The Kier molecular flexibility index (Phi) is 5.57. The number of benzene rings is 1. The molecular weight excluding hydrogens is 271 g/mol. The first-order valence-electron chi connectivity index (χ1n) is 5.98. The van der Waals surface area contributed by atoms with E-state index in [-0.39, 0.29) is 30.1 Å². The molecule has 1 saturated heterocycles. The zero-order valence-electron chi connectivity index (χ0n) is 11.0. The third-order valence-electron chi connectivity index (χ3n) is 3.21. The number of methoxy groups -OCH3 is 1. The molecule has 1 aromatic rings. The summed E-state index contributed by atoms with van der Waals surface area (Å²) in [5.74, 6) is -0.315. The summed E-state index contributed by atoms with van der Waals surface area (Å²) in [6, 6.07) is 4.36. The molecule has 0 bridgehead atoms. The second kappa shape index (κ2) is 6.73. The molecule has 4 nitrogen and oxygen atoms in total. The van der Waals surface area contributed by atoms with Crippen molar-refractivity contribution < 1.29 is 13.9 Å². The first-order valence-corrected chi connectivity index (χ1v) is 5.98. The molecule has 1 N–H and O–H groups in total. The number of hydrogen-bond acceptors (Lipinski definition) is 3. The summed E-state index contributed by atoms with van der Waals surface area (Å²) in [6.45, 7) is 0.862. The SMILES string of the molecule is COc1ccc(N(C)C(=O)C2CCCN2)cc1F.Cl. The number of rotatable bonds is 3. The topological polar surface area (TPSA) is 41.6 Å². The van der Waals surface area contributed by atoms with E-state index in [0.717, 1.165) is 19.4 Å². The average Bonchev–Trinajstić information content (AvgIpc) is 2.90. The van der Waals surface area contributed by atoms with E-state index in [0.29, 0.717) is 5.69 Å². The van der Waals surface area contributed by atoms with Gasteiger partial charge in [-0.25, -0.2) is 4.39 Å². The van der Waals surface area contributed by atoms with Crippen molar-refractivity contribution in [2.24, 2.45) is 0 Å². The number of amides is 1. The molecule has 0 spiro atoms. The van der Waals surface area contributed by atoms with Crippen LogP contribution < -0.4 is 15.0 Å². The van der Waals surface area contributed by atoms with Crippen molar-refractivity contribution in [3.63, 3.8) is 0 Å². The lowest BCUT2D eigenvalue weighted by molar-refractivity contribution is -0.119. The minimum Gasteiger partial charge on any atom is -0.494 e. The summed E-state index contributed by atoms with van der Waals surface area (Å²) in [5, 5.41) is 3.13. The minimum atomic E-state index is -0.464. The fourth-order valence-corrected chi connectivity index (χ4v) is 2.12. The molecule has 6 heteroatoms. The van der Waals surface area contributed by atoms with Crippen LogP contribution in [-0.4, -0.2) is 32.7 Å². The van der Waals surface area contributed by atoms with Crippen LogP contribution in [0.1, 0.15) is 12.8 Å². The lowest BCUT2D eigenvalue weighted by Crippen LogP contribution is -2.41. The molecule has 0 saturated carbocycles. The normalized spacial score (nSPS) is 17.7. The van der Waals surface area contributed by atoms with Crippen molar-refractivity contribution in [1.82, 2.24) is 5.32 Å². The molecule has 1 heterocycles. The van der Waals surface area contributed by atoms with Crippen molar-refractivity contribution in [1.29, 1.82) is 0 Å². The van der Waals surface area contributed by atoms with E-state index in [9.17, 15) is 9.18 Å². The van der Waals surface area contributed by atoms with Gasteiger partial charge in [-0.2, -0.15) is 0 Å². The largest absolute Gasteiger partial charge is 0.494 e. The highest BCUT2D eigenvalue weighted by Crippen LogP contribution is 2.23. The van der Waals surface area contributed by atoms with E-state index < -0.39 is 5.82 Å². The maximum Gasteiger partial charge on any atom is 0.243 e. The van der Waals surface area contributed by atoms with Crippen molar-refractivity contribution in [2.45, 2.75) is 18.9 Å². The average molecular weight is 289 g/mol. The highest BCUT2D eigenvalue weighted by atomic mass is 35.5. The highest BCUT2D eigenvalue weighted by Gasteiger charge is 2.25. The third kappa shape index (κ3) is 3.36. The maximum atomic E-state index is 13.6. The number of hydrogen-bond donors (Lipinski definition) is 1. The van der Waals surface area contributed by atoms with Crippen LogP contribution in [0, 0.1) is 5.82 Å². The standard InChI is InChI=1S/C13H17FN2O2.ClH/c1-16(13(17)11-4-3-7-15-11)9-5-6-12(18-2)10(14)8-9;/h5-6,8,11,15H,3-4,7H2,1-2H3;1H. The predicted molar refractivity (Wildman–Crippen MR) is 74.6 cm³/mol. The lowest BCUT2D eigenvalue weighted by Gasteiger charge is -2.21. The Bertz CT molecular complexity index is 450. The quantitative estimate of drug-likeness (QED) is 0.925. The van der Waals surface area contributed by atoms with E-state index in [2.05, 4.69) is 5.32 Å². The third-order valence-corrected chi connectivity index (χ3v) is 3.21. The van der Waals surface area contributed by atoms with E-state index >= 15 is 0 Å². The summed E-state index contributed by atoms with van der Waals surface area (Å²) in [6.07, 6.45) is 1.84. The Labute approximate surface area is 118 Å². The molecule has 1 unspecified atom stereocenters. The van der Waals surface area contributed by atoms with Gasteiger partial charge < -0.3 is 15.0 Å². The molecule has 0 aromatic heterocycles. The van der Waals surface area contributed by atoms with Crippen molar-refractivity contribution in [3.05, 3.63) is 24.0 Å². The Morgan fingerprint density at radius 3 is 2.79 bits per heavy atom. The Morgan fingerprint density at radius 2 is 2.26 bits per heavy atom. The first kappa shape index (κ1) is 15.7. The number of anilines is 1. The fraction of sp³-hybridized carbons (Fsp3) is 0.462. The summed E-state index contributed by atoms with van der Waals surface area (Å²) in [7, 11) is 3.07. The van der Waals surface area contributed by atoms with Gasteiger partial charge in [-0.1, -0.05) is 0 Å². The number of ether oxygens (including phenoxy) is 1. The molecule has 19 heavy (non-hydrogen) atoms. The van der Waals surface area contributed by atoms with Gasteiger partial charge >= 0.3 is 0 Å². The van der Waals surface area contributed by atoms with Crippen molar-refractivity contribution in [3.8, 4) is 5.75 Å². The molecule has 1 atom stereocenters. The van der Waals surface area contributed by atoms with Gasteiger partial charge in [-0.3, -0.25) is 4.79 Å². The lowest BCUT2D eigenvalue weighted by atomic mass is 10.2. The van der Waals surface area contributed by atoms with Gasteiger partial charge in [-0.05, 0) is 31.5 Å². The molecule has 1 amide bonds. The summed E-state index contributed by atoms with van der Waals surface area (Å²) < 4.78 is 18.4. The van der Waals surface area contributed by atoms with Gasteiger partial charge in [0.2, 0.25) is 5.91 Å². The van der Waals surface area contributed by atoms with Gasteiger partial charge in [0.1, 0.15) is 0 Å². The molecule has 1 aliphatic rings. The van der Waals surface area contributed by atoms with E-state index in [1.54, 1.807) is 13.1 Å². The molecule has 0 aliphatic carbocycles. The van der Waals surface area contributed by atoms with E-state index in [1.165, 1.54) is 24.1 Å². The second-order valence-electron chi connectivity index (χ2n) is 4.37. The van der Waals surface area contributed by atoms with Crippen LogP contribution in [-0.2, 0) is 4.79 Å². The van der Waals surface area contributed by atoms with Crippen LogP contribution in [0.4, 0.5) is 10.1 Å². The Morgan fingerprint density at radius 1 is 1.53 bits per heavy atom. The zero-order chi connectivity index (χ0) is 13.1. The van der Waals surface area contributed by atoms with Crippen LogP contribution >= 0.6 is 12.4 Å².